The summed E-state index contributed by atoms with van der Waals surface area (Å²) in [6.45, 7) is 0. The second-order valence-electron chi connectivity index (χ2n) is 5.29. The molecule has 1 aliphatic heterocycles. The number of sulfone groups is 1. The SMILES string of the molecule is CN(C)N([C@H]1CS(=O)(=O)C[C@@H]1O)S(=O)(=O)c1ccc(Cl)cc1. The van der Waals surface area contributed by atoms with E-state index in [4.69, 9.17) is 11.6 Å². The first-order chi connectivity index (χ1) is 10.0. The number of benzene rings is 1. The van der Waals surface area contributed by atoms with Crippen molar-refractivity contribution in [3.8, 4) is 0 Å². The quantitative estimate of drug-likeness (QED) is 0.750. The van der Waals surface area contributed by atoms with Gasteiger partial charge in [-0.1, -0.05) is 11.6 Å². The highest BCUT2D eigenvalue weighted by Gasteiger charge is 2.46. The molecular weight excluding hydrogens is 352 g/mol. The monoisotopic (exact) mass is 368 g/mol. The number of aliphatic hydroxyl groups excluding tert-OH is 1. The molecule has 22 heavy (non-hydrogen) atoms. The smallest absolute Gasteiger partial charge is 0.256 e. The van der Waals surface area contributed by atoms with Gasteiger partial charge in [-0.2, -0.15) is 0 Å². The van der Waals surface area contributed by atoms with E-state index >= 15 is 0 Å². The fourth-order valence-corrected chi connectivity index (χ4v) is 6.11. The molecule has 1 aromatic rings. The number of hydrogen-bond donors (Lipinski definition) is 1. The van der Waals surface area contributed by atoms with Crippen LogP contribution in [0.25, 0.3) is 0 Å². The molecule has 1 aromatic carbocycles. The minimum absolute atomic E-state index is 0.0258. The molecule has 2 rings (SSSR count). The first-order valence-corrected chi connectivity index (χ1v) is 10.0. The minimum atomic E-state index is -4.01. The Balaban J connectivity index is 2.46. The Labute approximate surface area is 135 Å². The van der Waals surface area contributed by atoms with E-state index in [-0.39, 0.29) is 4.90 Å². The molecule has 1 fully saturated rings. The van der Waals surface area contributed by atoms with Crippen LogP contribution in [0.15, 0.2) is 29.2 Å². The molecule has 0 unspecified atom stereocenters. The molecule has 0 spiro atoms. The number of halogens is 1. The standard InChI is InChI=1S/C12H17ClN2O5S2/c1-14(2)15(11-7-21(17,18)8-12(11)16)22(19,20)10-5-3-9(13)4-6-10/h3-6,11-12,16H,7-8H2,1-2H3/t11-,12-/m0/s1. The second kappa shape index (κ2) is 6.06. The Bertz CT molecular complexity index is 746. The summed E-state index contributed by atoms with van der Waals surface area (Å²) in [6.07, 6.45) is -1.27. The van der Waals surface area contributed by atoms with Crippen LogP contribution in [0.5, 0.6) is 0 Å². The lowest BCUT2D eigenvalue weighted by Crippen LogP contribution is -2.53. The number of rotatable bonds is 4. The molecule has 1 N–H and O–H groups in total. The zero-order valence-corrected chi connectivity index (χ0v) is 14.4. The van der Waals surface area contributed by atoms with E-state index in [1.165, 1.54) is 43.4 Å². The van der Waals surface area contributed by atoms with E-state index in [1.54, 1.807) is 0 Å². The molecule has 1 aliphatic rings. The maximum absolute atomic E-state index is 12.8. The van der Waals surface area contributed by atoms with Crippen molar-refractivity contribution < 1.29 is 21.9 Å². The molecular formula is C12H17ClN2O5S2. The van der Waals surface area contributed by atoms with Gasteiger partial charge in [-0.25, -0.2) is 21.8 Å². The largest absolute Gasteiger partial charge is 0.390 e. The van der Waals surface area contributed by atoms with Gasteiger partial charge in [-0.3, -0.25) is 0 Å². The molecule has 0 bridgehead atoms. The number of sulfonamides is 1. The maximum Gasteiger partial charge on any atom is 0.256 e. The molecule has 2 atom stereocenters. The molecule has 0 amide bonds. The number of hydrogen-bond acceptors (Lipinski definition) is 6. The van der Waals surface area contributed by atoms with Gasteiger partial charge in [0.25, 0.3) is 10.0 Å². The van der Waals surface area contributed by atoms with Crippen molar-refractivity contribution in [2.24, 2.45) is 0 Å². The molecule has 1 heterocycles. The van der Waals surface area contributed by atoms with E-state index in [0.29, 0.717) is 5.02 Å². The summed E-state index contributed by atoms with van der Waals surface area (Å²) in [4.78, 5) is -0.0258. The first-order valence-electron chi connectivity index (χ1n) is 6.40. The Morgan fingerprint density at radius 1 is 1.18 bits per heavy atom. The van der Waals surface area contributed by atoms with Crippen molar-refractivity contribution in [1.82, 2.24) is 9.42 Å². The highest BCUT2D eigenvalue weighted by Crippen LogP contribution is 2.26. The lowest BCUT2D eigenvalue weighted by atomic mass is 10.2. The van der Waals surface area contributed by atoms with E-state index in [0.717, 1.165) is 4.41 Å². The third-order valence-corrected chi connectivity index (χ3v) is 7.24. The van der Waals surface area contributed by atoms with Crippen molar-refractivity contribution in [2.75, 3.05) is 25.6 Å². The fourth-order valence-electron chi connectivity index (χ4n) is 2.43. The Morgan fingerprint density at radius 3 is 2.14 bits per heavy atom. The van der Waals surface area contributed by atoms with Crippen molar-refractivity contribution >= 4 is 31.5 Å². The number of aliphatic hydroxyl groups is 1. The van der Waals surface area contributed by atoms with Crippen molar-refractivity contribution in [3.63, 3.8) is 0 Å². The van der Waals surface area contributed by atoms with Gasteiger partial charge in [0.2, 0.25) is 0 Å². The van der Waals surface area contributed by atoms with Gasteiger partial charge < -0.3 is 5.11 Å². The highest BCUT2D eigenvalue weighted by atomic mass is 35.5. The predicted molar refractivity (Wildman–Crippen MR) is 82.6 cm³/mol. The van der Waals surface area contributed by atoms with Crippen LogP contribution < -0.4 is 0 Å². The summed E-state index contributed by atoms with van der Waals surface area (Å²) in [5.74, 6) is -0.864. The summed E-state index contributed by atoms with van der Waals surface area (Å²) in [5, 5.41) is 11.6. The average molecular weight is 369 g/mol. The van der Waals surface area contributed by atoms with Gasteiger partial charge in [-0.15, -0.1) is 4.41 Å². The zero-order chi connectivity index (χ0) is 16.7. The summed E-state index contributed by atoms with van der Waals surface area (Å²) in [5.41, 5.74) is 0. The van der Waals surface area contributed by atoms with Crippen LogP contribution in [0.4, 0.5) is 0 Å². The third-order valence-electron chi connectivity index (χ3n) is 3.33. The first kappa shape index (κ1) is 17.6. The minimum Gasteiger partial charge on any atom is -0.390 e. The Morgan fingerprint density at radius 2 is 1.73 bits per heavy atom. The van der Waals surface area contributed by atoms with Gasteiger partial charge in [0, 0.05) is 19.1 Å². The van der Waals surface area contributed by atoms with Crippen molar-refractivity contribution in [2.45, 2.75) is 17.0 Å². The van der Waals surface area contributed by atoms with Crippen molar-refractivity contribution in [3.05, 3.63) is 29.3 Å². The van der Waals surface area contributed by atoms with Crippen LogP contribution in [-0.2, 0) is 19.9 Å². The number of hydrazine groups is 1. The van der Waals surface area contributed by atoms with Gasteiger partial charge in [0.15, 0.2) is 9.84 Å². The van der Waals surface area contributed by atoms with E-state index in [1.807, 2.05) is 0 Å². The Kier molecular flexibility index (Phi) is 4.86. The molecule has 124 valence electrons. The highest BCUT2D eigenvalue weighted by molar-refractivity contribution is 7.92. The summed E-state index contributed by atoms with van der Waals surface area (Å²) in [7, 11) is -4.53. The van der Waals surface area contributed by atoms with Crippen molar-refractivity contribution in [1.29, 1.82) is 0 Å². The van der Waals surface area contributed by atoms with Gasteiger partial charge in [0.05, 0.1) is 28.5 Å². The lowest BCUT2D eigenvalue weighted by molar-refractivity contribution is 0.0272. The zero-order valence-electron chi connectivity index (χ0n) is 12.0. The molecule has 10 heteroatoms. The molecule has 7 nitrogen and oxygen atoms in total. The molecule has 0 radical (unpaired) electrons. The van der Waals surface area contributed by atoms with E-state index in [9.17, 15) is 21.9 Å². The second-order valence-corrected chi connectivity index (χ2v) is 9.68. The molecule has 0 aromatic heterocycles. The Hall–Kier alpha value is -0.710. The maximum atomic E-state index is 12.8. The summed E-state index contributed by atoms with van der Waals surface area (Å²) in [6, 6.07) is 4.49. The molecule has 0 aliphatic carbocycles. The molecule has 0 saturated carbocycles. The van der Waals surface area contributed by atoms with Crippen LogP contribution in [0.2, 0.25) is 5.02 Å². The van der Waals surface area contributed by atoms with Crippen LogP contribution in [0, 0.1) is 0 Å². The van der Waals surface area contributed by atoms with Gasteiger partial charge in [-0.05, 0) is 24.3 Å². The third kappa shape index (κ3) is 3.44. The lowest BCUT2D eigenvalue weighted by Gasteiger charge is -2.33. The van der Waals surface area contributed by atoms with Crippen LogP contribution >= 0.6 is 11.6 Å². The number of nitrogens with zero attached hydrogens (tertiary/aromatic N) is 2. The van der Waals surface area contributed by atoms with Crippen LogP contribution in [-0.4, -0.2) is 69.1 Å². The van der Waals surface area contributed by atoms with Crippen LogP contribution in [0.1, 0.15) is 0 Å². The normalized spacial score (nSPS) is 25.0. The molecule has 1 saturated heterocycles. The topological polar surface area (TPSA) is 95.0 Å². The predicted octanol–water partition coefficient (Wildman–Crippen LogP) is -0.0348. The van der Waals surface area contributed by atoms with Crippen LogP contribution in [0.3, 0.4) is 0 Å². The summed E-state index contributed by atoms with van der Waals surface area (Å²) >= 11 is 5.75. The fraction of sp³-hybridized carbons (Fsp3) is 0.500. The van der Waals surface area contributed by atoms with Gasteiger partial charge in [0.1, 0.15) is 0 Å². The summed E-state index contributed by atoms with van der Waals surface area (Å²) < 4.78 is 49.8. The van der Waals surface area contributed by atoms with E-state index in [2.05, 4.69) is 0 Å². The van der Waals surface area contributed by atoms with E-state index < -0.39 is 43.5 Å². The van der Waals surface area contributed by atoms with Gasteiger partial charge >= 0.3 is 0 Å². The average Bonchev–Trinajstić information content (AvgIpc) is 2.62.